The molecule has 4 aromatic rings. The SMILES string of the molecule is COc1ccc(/C=N/NC(=O)c2[nH]nc3c2CCc2ccccc2-3)cc1OCc1ccccc1. The largest absolute Gasteiger partial charge is 0.493 e. The molecule has 7 heteroatoms. The van der Waals surface area contributed by atoms with Crippen LogP contribution in [0.2, 0.25) is 0 Å². The maximum Gasteiger partial charge on any atom is 0.289 e. The zero-order chi connectivity index (χ0) is 23.3. The van der Waals surface area contributed by atoms with Gasteiger partial charge in [-0.15, -0.1) is 0 Å². The zero-order valence-corrected chi connectivity index (χ0v) is 18.7. The second-order valence-corrected chi connectivity index (χ2v) is 7.97. The minimum Gasteiger partial charge on any atom is -0.493 e. The standard InChI is InChI=1S/C27H24N4O3/c1-33-23-14-11-19(15-24(23)34-17-18-7-3-2-4-8-18)16-28-31-27(32)26-22-13-12-20-9-5-6-10-21(20)25(22)29-30-26/h2-11,14-16H,12-13,17H2,1H3,(H,29,30)(H,31,32)/b28-16+. The van der Waals surface area contributed by atoms with E-state index in [2.05, 4.69) is 26.8 Å². The third kappa shape index (κ3) is 4.41. The number of hydrazone groups is 1. The molecule has 0 aliphatic heterocycles. The first-order valence-corrected chi connectivity index (χ1v) is 11.1. The van der Waals surface area contributed by atoms with E-state index in [1.54, 1.807) is 13.3 Å². The highest BCUT2D eigenvalue weighted by Gasteiger charge is 2.24. The maximum absolute atomic E-state index is 12.8. The number of rotatable bonds is 7. The Hall–Kier alpha value is -4.39. The van der Waals surface area contributed by atoms with Gasteiger partial charge in [0.1, 0.15) is 12.3 Å². The number of nitrogens with zero attached hydrogens (tertiary/aromatic N) is 2. The lowest BCUT2D eigenvalue weighted by atomic mass is 9.89. The van der Waals surface area contributed by atoms with Crippen LogP contribution >= 0.6 is 0 Å². The van der Waals surface area contributed by atoms with Gasteiger partial charge < -0.3 is 9.47 Å². The molecule has 5 rings (SSSR count). The molecule has 0 atom stereocenters. The van der Waals surface area contributed by atoms with Gasteiger partial charge in [-0.25, -0.2) is 5.43 Å². The molecule has 1 aliphatic rings. The van der Waals surface area contributed by atoms with Gasteiger partial charge in [0.25, 0.3) is 5.91 Å². The Morgan fingerprint density at radius 1 is 1.06 bits per heavy atom. The summed E-state index contributed by atoms with van der Waals surface area (Å²) < 4.78 is 11.4. The number of hydrogen-bond donors (Lipinski definition) is 2. The fourth-order valence-electron chi connectivity index (χ4n) is 4.09. The molecule has 0 unspecified atom stereocenters. The van der Waals surface area contributed by atoms with Crippen molar-refractivity contribution in [2.24, 2.45) is 5.10 Å². The van der Waals surface area contributed by atoms with Crippen molar-refractivity contribution in [2.45, 2.75) is 19.4 Å². The minimum absolute atomic E-state index is 0.321. The fraction of sp³-hybridized carbons (Fsp3) is 0.148. The van der Waals surface area contributed by atoms with Crippen molar-refractivity contribution in [3.8, 4) is 22.8 Å². The van der Waals surface area contributed by atoms with Gasteiger partial charge in [-0.05, 0) is 47.7 Å². The van der Waals surface area contributed by atoms with Crippen LogP contribution in [0.5, 0.6) is 11.5 Å². The van der Waals surface area contributed by atoms with Gasteiger partial charge in [0.05, 0.1) is 19.0 Å². The summed E-state index contributed by atoms with van der Waals surface area (Å²) >= 11 is 0. The van der Waals surface area contributed by atoms with Crippen LogP contribution < -0.4 is 14.9 Å². The van der Waals surface area contributed by atoms with Crippen LogP contribution in [0, 0.1) is 0 Å². The first-order valence-electron chi connectivity index (χ1n) is 11.1. The second kappa shape index (κ2) is 9.62. The third-order valence-electron chi connectivity index (χ3n) is 5.82. The lowest BCUT2D eigenvalue weighted by Crippen LogP contribution is -2.20. The number of nitrogens with one attached hydrogen (secondary N) is 2. The predicted molar refractivity (Wildman–Crippen MR) is 130 cm³/mol. The van der Waals surface area contributed by atoms with E-state index in [0.717, 1.165) is 40.8 Å². The minimum atomic E-state index is -0.321. The highest BCUT2D eigenvalue weighted by Crippen LogP contribution is 2.33. The third-order valence-corrected chi connectivity index (χ3v) is 5.82. The Kier molecular flexibility index (Phi) is 6.07. The normalized spacial score (nSPS) is 12.1. The number of ether oxygens (including phenoxy) is 2. The van der Waals surface area contributed by atoms with Crippen molar-refractivity contribution in [2.75, 3.05) is 7.11 Å². The van der Waals surface area contributed by atoms with Crippen molar-refractivity contribution in [1.29, 1.82) is 0 Å². The topological polar surface area (TPSA) is 88.6 Å². The van der Waals surface area contributed by atoms with Gasteiger partial charge in [-0.2, -0.15) is 10.2 Å². The van der Waals surface area contributed by atoms with Gasteiger partial charge in [-0.3, -0.25) is 9.89 Å². The molecule has 34 heavy (non-hydrogen) atoms. The molecule has 0 fully saturated rings. The zero-order valence-electron chi connectivity index (χ0n) is 18.7. The molecule has 1 aromatic heterocycles. The van der Waals surface area contributed by atoms with Crippen LogP contribution in [0.3, 0.4) is 0 Å². The number of hydrogen-bond acceptors (Lipinski definition) is 5. The second-order valence-electron chi connectivity index (χ2n) is 7.97. The summed E-state index contributed by atoms with van der Waals surface area (Å²) in [7, 11) is 1.60. The molecule has 7 nitrogen and oxygen atoms in total. The lowest BCUT2D eigenvalue weighted by molar-refractivity contribution is 0.0949. The highest BCUT2D eigenvalue weighted by atomic mass is 16.5. The summed E-state index contributed by atoms with van der Waals surface area (Å²) in [4.78, 5) is 12.8. The molecule has 170 valence electrons. The van der Waals surface area contributed by atoms with Crippen molar-refractivity contribution < 1.29 is 14.3 Å². The Morgan fingerprint density at radius 3 is 2.74 bits per heavy atom. The molecule has 0 saturated carbocycles. The van der Waals surface area contributed by atoms with Gasteiger partial charge in [0, 0.05) is 11.1 Å². The summed E-state index contributed by atoms with van der Waals surface area (Å²) in [5.74, 6) is 0.905. The van der Waals surface area contributed by atoms with Crippen molar-refractivity contribution >= 4 is 12.1 Å². The van der Waals surface area contributed by atoms with E-state index < -0.39 is 0 Å². The first kappa shape index (κ1) is 21.5. The average Bonchev–Trinajstić information content (AvgIpc) is 3.33. The summed E-state index contributed by atoms with van der Waals surface area (Å²) in [6.07, 6.45) is 3.21. The average molecular weight is 453 g/mol. The van der Waals surface area contributed by atoms with Crippen molar-refractivity contribution in [1.82, 2.24) is 15.6 Å². The number of fused-ring (bicyclic) bond motifs is 3. The fourth-order valence-corrected chi connectivity index (χ4v) is 4.09. The molecule has 0 radical (unpaired) electrons. The van der Waals surface area contributed by atoms with Crippen LogP contribution in [-0.4, -0.2) is 29.4 Å². The summed E-state index contributed by atoms with van der Waals surface area (Å²) in [5, 5.41) is 11.4. The molecule has 1 amide bonds. The molecule has 2 N–H and O–H groups in total. The van der Waals surface area contributed by atoms with Crippen LogP contribution in [0.4, 0.5) is 0 Å². The van der Waals surface area contributed by atoms with Gasteiger partial charge >= 0.3 is 0 Å². The number of aryl methyl sites for hydroxylation is 1. The lowest BCUT2D eigenvalue weighted by Gasteiger charge is -2.15. The highest BCUT2D eigenvalue weighted by molar-refractivity contribution is 5.96. The predicted octanol–water partition coefficient (Wildman–Crippen LogP) is 4.53. The van der Waals surface area contributed by atoms with Crippen LogP contribution in [-0.2, 0) is 19.4 Å². The van der Waals surface area contributed by atoms with Gasteiger partial charge in [0.2, 0.25) is 0 Å². The van der Waals surface area contributed by atoms with Crippen molar-refractivity contribution in [3.63, 3.8) is 0 Å². The molecule has 1 aliphatic carbocycles. The van der Waals surface area contributed by atoms with Crippen LogP contribution in [0.25, 0.3) is 11.3 Å². The smallest absolute Gasteiger partial charge is 0.289 e. The summed E-state index contributed by atoms with van der Waals surface area (Å²) in [5.41, 5.74) is 8.96. The van der Waals surface area contributed by atoms with E-state index >= 15 is 0 Å². The Balaban J connectivity index is 1.27. The molecule has 1 heterocycles. The molecular weight excluding hydrogens is 428 g/mol. The van der Waals surface area contributed by atoms with Crippen molar-refractivity contribution in [3.05, 3.63) is 101 Å². The number of benzene rings is 3. The number of carbonyl (C=O) groups is 1. The number of aromatic amines is 1. The molecule has 0 bridgehead atoms. The van der Waals surface area contributed by atoms with Gasteiger partial charge in [0.15, 0.2) is 11.5 Å². The van der Waals surface area contributed by atoms with Crippen LogP contribution in [0.15, 0.2) is 77.9 Å². The monoisotopic (exact) mass is 452 g/mol. The number of aromatic nitrogens is 2. The molecule has 0 spiro atoms. The number of H-pyrrole nitrogens is 1. The maximum atomic E-state index is 12.8. The Labute approximate surface area is 197 Å². The molecular formula is C27H24N4O3. The van der Waals surface area contributed by atoms with E-state index in [4.69, 9.17) is 9.47 Å². The van der Waals surface area contributed by atoms with E-state index in [9.17, 15) is 4.79 Å². The van der Waals surface area contributed by atoms with E-state index in [1.165, 1.54) is 5.56 Å². The Bertz CT molecular complexity index is 1350. The summed E-state index contributed by atoms with van der Waals surface area (Å²) in [6.45, 7) is 0.419. The number of amides is 1. The van der Waals surface area contributed by atoms with Gasteiger partial charge in [-0.1, -0.05) is 54.6 Å². The Morgan fingerprint density at radius 2 is 1.88 bits per heavy atom. The molecule has 3 aromatic carbocycles. The first-order chi connectivity index (χ1) is 16.7. The van der Waals surface area contributed by atoms with Crippen LogP contribution in [0.1, 0.15) is 32.7 Å². The quantitative estimate of drug-likeness (QED) is 0.319. The van der Waals surface area contributed by atoms with E-state index in [0.29, 0.717) is 23.8 Å². The summed E-state index contributed by atoms with van der Waals surface area (Å²) in [6, 6.07) is 23.5. The molecule has 0 saturated heterocycles. The number of methoxy groups -OCH3 is 1. The van der Waals surface area contributed by atoms with E-state index in [-0.39, 0.29) is 5.91 Å². The van der Waals surface area contributed by atoms with E-state index in [1.807, 2.05) is 66.7 Å². The number of carbonyl (C=O) groups excluding carboxylic acids is 1.